The van der Waals surface area contributed by atoms with E-state index >= 15 is 0 Å². The lowest BCUT2D eigenvalue weighted by molar-refractivity contribution is -0.144. The third-order valence-electron chi connectivity index (χ3n) is 2.89. The maximum Gasteiger partial charge on any atom is 0.330 e. The summed E-state index contributed by atoms with van der Waals surface area (Å²) in [6.45, 7) is 4.11. The molecule has 0 aromatic carbocycles. The molecule has 2 heterocycles. The minimum atomic E-state index is -0.402. The lowest BCUT2D eigenvalue weighted by Gasteiger charge is -2.34. The van der Waals surface area contributed by atoms with Gasteiger partial charge in [-0.05, 0) is 6.92 Å². The van der Waals surface area contributed by atoms with E-state index in [9.17, 15) is 4.79 Å². The van der Waals surface area contributed by atoms with Gasteiger partial charge in [-0.3, -0.25) is 0 Å². The van der Waals surface area contributed by atoms with Crippen LogP contribution in [-0.2, 0) is 9.53 Å². The van der Waals surface area contributed by atoms with Gasteiger partial charge in [-0.25, -0.2) is 9.78 Å². The first-order valence-corrected chi connectivity index (χ1v) is 6.27. The van der Waals surface area contributed by atoms with Crippen molar-refractivity contribution in [3.05, 3.63) is 12.3 Å². The van der Waals surface area contributed by atoms with Gasteiger partial charge in [0.2, 0.25) is 11.8 Å². The Morgan fingerprint density at radius 2 is 2.47 bits per heavy atom. The number of piperazine rings is 1. The molecule has 0 aliphatic carbocycles. The summed E-state index contributed by atoms with van der Waals surface area (Å²) in [6.07, 6.45) is 1.62. The molecule has 0 radical (unpaired) electrons. The van der Waals surface area contributed by atoms with E-state index in [-0.39, 0.29) is 5.97 Å². The predicted molar refractivity (Wildman–Crippen MR) is 69.2 cm³/mol. The van der Waals surface area contributed by atoms with Gasteiger partial charge in [-0.1, -0.05) is 0 Å². The van der Waals surface area contributed by atoms with Gasteiger partial charge in [-0.2, -0.15) is 4.98 Å². The first kappa shape index (κ1) is 13.5. The molecular formula is C12H18N4O3. The summed E-state index contributed by atoms with van der Waals surface area (Å²) in [4.78, 5) is 22.3. The Bertz CT molecular complexity index is 441. The minimum absolute atomic E-state index is 0.263. The van der Waals surface area contributed by atoms with Crippen LogP contribution >= 0.6 is 0 Å². The maximum absolute atomic E-state index is 11.9. The van der Waals surface area contributed by atoms with Gasteiger partial charge in [0.05, 0.1) is 13.7 Å². The number of nitrogens with zero attached hydrogens (tertiary/aromatic N) is 3. The second-order valence-electron chi connectivity index (χ2n) is 4.06. The fourth-order valence-electron chi connectivity index (χ4n) is 1.98. The Balaban J connectivity index is 2.20. The molecule has 1 saturated heterocycles. The monoisotopic (exact) mass is 266 g/mol. The second kappa shape index (κ2) is 6.33. The molecule has 1 aromatic rings. The summed E-state index contributed by atoms with van der Waals surface area (Å²) in [6, 6.07) is 1.27. The third kappa shape index (κ3) is 3.11. The summed E-state index contributed by atoms with van der Waals surface area (Å²) in [7, 11) is 1.55. The number of hydrogen-bond acceptors (Lipinski definition) is 7. The van der Waals surface area contributed by atoms with Crippen molar-refractivity contribution in [1.29, 1.82) is 0 Å². The predicted octanol–water partition coefficient (Wildman–Crippen LogP) is -0.173. The number of rotatable bonds is 4. The molecule has 104 valence electrons. The fraction of sp³-hybridized carbons (Fsp3) is 0.583. The lowest BCUT2D eigenvalue weighted by Crippen LogP contribution is -2.56. The van der Waals surface area contributed by atoms with Crippen LogP contribution in [0.15, 0.2) is 12.3 Å². The average Bonchev–Trinajstić information content (AvgIpc) is 2.47. The van der Waals surface area contributed by atoms with Crippen LogP contribution in [0.5, 0.6) is 5.88 Å². The Morgan fingerprint density at radius 1 is 1.63 bits per heavy atom. The molecule has 0 spiro atoms. The number of carbonyl (C=O) groups is 1. The zero-order chi connectivity index (χ0) is 13.7. The SMILES string of the molecule is CCOC(=O)C1CNCCN1c1nccc(OC)n1. The van der Waals surface area contributed by atoms with E-state index in [1.807, 2.05) is 4.90 Å². The van der Waals surface area contributed by atoms with Crippen LogP contribution in [0.1, 0.15) is 6.92 Å². The molecule has 1 aliphatic rings. The van der Waals surface area contributed by atoms with Gasteiger partial charge in [0.15, 0.2) is 0 Å². The average molecular weight is 266 g/mol. The van der Waals surface area contributed by atoms with Crippen LogP contribution in [-0.4, -0.2) is 55.3 Å². The van der Waals surface area contributed by atoms with E-state index in [2.05, 4.69) is 15.3 Å². The number of nitrogens with one attached hydrogen (secondary N) is 1. The molecule has 1 unspecified atom stereocenters. The number of anilines is 1. The summed E-state index contributed by atoms with van der Waals surface area (Å²) in [5.41, 5.74) is 0. The maximum atomic E-state index is 11.9. The summed E-state index contributed by atoms with van der Waals surface area (Å²) in [5.74, 6) is 0.700. The number of hydrogen-bond donors (Lipinski definition) is 1. The minimum Gasteiger partial charge on any atom is -0.481 e. The van der Waals surface area contributed by atoms with Crippen molar-refractivity contribution in [2.45, 2.75) is 13.0 Å². The Morgan fingerprint density at radius 3 is 3.21 bits per heavy atom. The van der Waals surface area contributed by atoms with Crippen molar-refractivity contribution in [2.24, 2.45) is 0 Å². The zero-order valence-electron chi connectivity index (χ0n) is 11.1. The second-order valence-corrected chi connectivity index (χ2v) is 4.06. The summed E-state index contributed by atoms with van der Waals surface area (Å²) < 4.78 is 10.2. The fourth-order valence-corrected chi connectivity index (χ4v) is 1.98. The summed E-state index contributed by atoms with van der Waals surface area (Å²) in [5, 5.41) is 3.17. The molecule has 0 bridgehead atoms. The number of esters is 1. The molecule has 0 amide bonds. The van der Waals surface area contributed by atoms with Crippen molar-refractivity contribution in [3.63, 3.8) is 0 Å². The number of aromatic nitrogens is 2. The van der Waals surface area contributed by atoms with E-state index in [1.165, 1.54) is 0 Å². The smallest absolute Gasteiger partial charge is 0.330 e. The third-order valence-corrected chi connectivity index (χ3v) is 2.89. The molecule has 1 atom stereocenters. The normalized spacial score (nSPS) is 19.1. The highest BCUT2D eigenvalue weighted by Crippen LogP contribution is 2.17. The zero-order valence-corrected chi connectivity index (χ0v) is 11.1. The van der Waals surface area contributed by atoms with Gasteiger partial charge in [0, 0.05) is 31.9 Å². The molecule has 1 aliphatic heterocycles. The van der Waals surface area contributed by atoms with Crippen LogP contribution in [0.25, 0.3) is 0 Å². The van der Waals surface area contributed by atoms with Gasteiger partial charge >= 0.3 is 5.97 Å². The first-order valence-electron chi connectivity index (χ1n) is 6.27. The molecule has 1 fully saturated rings. The molecule has 19 heavy (non-hydrogen) atoms. The molecule has 2 rings (SSSR count). The van der Waals surface area contributed by atoms with Crippen molar-refractivity contribution >= 4 is 11.9 Å². The topological polar surface area (TPSA) is 76.6 Å². The van der Waals surface area contributed by atoms with E-state index in [0.717, 1.165) is 6.54 Å². The standard InChI is InChI=1S/C12H18N4O3/c1-3-19-11(17)9-8-13-6-7-16(9)12-14-5-4-10(15-12)18-2/h4-5,9,13H,3,6-8H2,1-2H3. The summed E-state index contributed by atoms with van der Waals surface area (Å²) >= 11 is 0. The molecule has 1 N–H and O–H groups in total. The van der Waals surface area contributed by atoms with Gasteiger partial charge < -0.3 is 19.7 Å². The van der Waals surface area contributed by atoms with E-state index in [1.54, 1.807) is 26.3 Å². The Labute approximate surface area is 111 Å². The number of methoxy groups -OCH3 is 1. The Kier molecular flexibility index (Phi) is 4.51. The largest absolute Gasteiger partial charge is 0.481 e. The van der Waals surface area contributed by atoms with Crippen molar-refractivity contribution < 1.29 is 14.3 Å². The van der Waals surface area contributed by atoms with Crippen LogP contribution in [0.2, 0.25) is 0 Å². The Hall–Kier alpha value is -1.89. The van der Waals surface area contributed by atoms with Gasteiger partial charge in [-0.15, -0.1) is 0 Å². The van der Waals surface area contributed by atoms with Crippen molar-refractivity contribution in [2.75, 3.05) is 38.3 Å². The van der Waals surface area contributed by atoms with Crippen molar-refractivity contribution in [1.82, 2.24) is 15.3 Å². The van der Waals surface area contributed by atoms with E-state index in [4.69, 9.17) is 9.47 Å². The van der Waals surface area contributed by atoms with Crippen LogP contribution in [0, 0.1) is 0 Å². The van der Waals surface area contributed by atoms with E-state index in [0.29, 0.717) is 31.5 Å². The highest BCUT2D eigenvalue weighted by molar-refractivity contribution is 5.80. The number of ether oxygens (including phenoxy) is 2. The highest BCUT2D eigenvalue weighted by Gasteiger charge is 2.31. The van der Waals surface area contributed by atoms with Gasteiger partial charge in [0.1, 0.15) is 6.04 Å². The molecular weight excluding hydrogens is 248 g/mol. The van der Waals surface area contributed by atoms with Crippen LogP contribution < -0.4 is 15.0 Å². The molecule has 0 saturated carbocycles. The molecule has 7 heteroatoms. The van der Waals surface area contributed by atoms with Crippen molar-refractivity contribution in [3.8, 4) is 5.88 Å². The molecule has 7 nitrogen and oxygen atoms in total. The molecule has 1 aromatic heterocycles. The van der Waals surface area contributed by atoms with E-state index < -0.39 is 6.04 Å². The van der Waals surface area contributed by atoms with Crippen LogP contribution in [0.4, 0.5) is 5.95 Å². The highest BCUT2D eigenvalue weighted by atomic mass is 16.5. The quantitative estimate of drug-likeness (QED) is 0.758. The number of carbonyl (C=O) groups excluding carboxylic acids is 1. The van der Waals surface area contributed by atoms with Crippen LogP contribution in [0.3, 0.4) is 0 Å². The lowest BCUT2D eigenvalue weighted by atomic mass is 10.2. The first-order chi connectivity index (χ1) is 9.26. The van der Waals surface area contributed by atoms with Gasteiger partial charge in [0.25, 0.3) is 0 Å².